The van der Waals surface area contributed by atoms with Crippen molar-refractivity contribution >= 4 is 11.9 Å². The van der Waals surface area contributed by atoms with Crippen molar-refractivity contribution in [2.24, 2.45) is 0 Å². The summed E-state index contributed by atoms with van der Waals surface area (Å²) in [7, 11) is 1.60. The zero-order chi connectivity index (χ0) is 19.6. The molecule has 7 nitrogen and oxygen atoms in total. The Kier molecular flexibility index (Phi) is 7.14. The lowest BCUT2D eigenvalue weighted by Crippen LogP contribution is -2.13. The molecule has 3 aromatic rings. The molecule has 2 aromatic carbocycles. The molecule has 0 saturated carbocycles. The Morgan fingerprint density at radius 2 is 1.86 bits per heavy atom. The second-order valence-electron chi connectivity index (χ2n) is 6.21. The minimum atomic E-state index is -0.141. The van der Waals surface area contributed by atoms with E-state index in [1.54, 1.807) is 7.11 Å². The molecule has 0 fully saturated rings. The van der Waals surface area contributed by atoms with Gasteiger partial charge in [-0.1, -0.05) is 42.5 Å². The lowest BCUT2D eigenvalue weighted by molar-refractivity contribution is -0.116. The average Bonchev–Trinajstić information content (AvgIpc) is 3.19. The molecular weight excluding hydrogens is 356 g/mol. The topological polar surface area (TPSA) is 89.1 Å². The zero-order valence-corrected chi connectivity index (χ0v) is 15.9. The third-order valence-electron chi connectivity index (χ3n) is 4.17. The van der Waals surface area contributed by atoms with Crippen molar-refractivity contribution in [3.63, 3.8) is 0 Å². The number of aromatic nitrogens is 3. The van der Waals surface area contributed by atoms with Gasteiger partial charge in [0.15, 0.2) is 5.82 Å². The normalized spacial score (nSPS) is 10.6. The van der Waals surface area contributed by atoms with Crippen LogP contribution in [0.5, 0.6) is 5.75 Å². The minimum absolute atomic E-state index is 0.141. The minimum Gasteiger partial charge on any atom is -0.496 e. The van der Waals surface area contributed by atoms with Gasteiger partial charge < -0.3 is 9.47 Å². The van der Waals surface area contributed by atoms with E-state index < -0.39 is 0 Å². The first-order valence-corrected chi connectivity index (χ1v) is 9.23. The maximum Gasteiger partial charge on any atom is 0.249 e. The molecule has 28 heavy (non-hydrogen) atoms. The average molecular weight is 380 g/mol. The van der Waals surface area contributed by atoms with Crippen molar-refractivity contribution < 1.29 is 14.3 Å². The van der Waals surface area contributed by atoms with E-state index in [0.717, 1.165) is 12.0 Å². The Balaban J connectivity index is 1.38. The predicted molar refractivity (Wildman–Crippen MR) is 107 cm³/mol. The van der Waals surface area contributed by atoms with Crippen molar-refractivity contribution in [3.05, 3.63) is 60.2 Å². The fourth-order valence-corrected chi connectivity index (χ4v) is 2.74. The number of para-hydroxylation sites is 1. The summed E-state index contributed by atoms with van der Waals surface area (Å²) in [5.74, 6) is 1.33. The number of H-pyrrole nitrogens is 1. The van der Waals surface area contributed by atoms with E-state index in [1.165, 1.54) is 5.56 Å². The lowest BCUT2D eigenvalue weighted by atomic mass is 10.2. The SMILES string of the molecule is COc1ccccc1-c1nc(NC(=O)CCCOCCc2ccccc2)n[nH]1. The van der Waals surface area contributed by atoms with Crippen LogP contribution in [-0.2, 0) is 16.0 Å². The molecule has 1 aromatic heterocycles. The van der Waals surface area contributed by atoms with Crippen LogP contribution in [0, 0.1) is 0 Å². The largest absolute Gasteiger partial charge is 0.496 e. The molecule has 0 atom stereocenters. The molecule has 0 radical (unpaired) electrons. The number of nitrogens with zero attached hydrogens (tertiary/aromatic N) is 2. The number of hydrogen-bond donors (Lipinski definition) is 2. The number of methoxy groups -OCH3 is 1. The highest BCUT2D eigenvalue weighted by molar-refractivity contribution is 5.89. The standard InChI is InChI=1S/C21H24N4O3/c1-27-18-11-6-5-10-17(18)20-23-21(25-24-20)22-19(26)12-7-14-28-15-13-16-8-3-2-4-9-16/h2-6,8-11H,7,12-15H2,1H3,(H2,22,23,24,25,26). The van der Waals surface area contributed by atoms with Crippen LogP contribution in [0.25, 0.3) is 11.4 Å². The number of nitrogens with one attached hydrogen (secondary N) is 2. The van der Waals surface area contributed by atoms with E-state index in [2.05, 4.69) is 32.6 Å². The van der Waals surface area contributed by atoms with E-state index in [0.29, 0.717) is 37.6 Å². The van der Waals surface area contributed by atoms with Crippen LogP contribution < -0.4 is 10.1 Å². The molecule has 146 valence electrons. The number of hydrogen-bond acceptors (Lipinski definition) is 5. The summed E-state index contributed by atoms with van der Waals surface area (Å²) in [4.78, 5) is 16.4. The number of carbonyl (C=O) groups is 1. The highest BCUT2D eigenvalue weighted by Crippen LogP contribution is 2.27. The van der Waals surface area contributed by atoms with Crippen molar-refractivity contribution in [2.45, 2.75) is 19.3 Å². The summed E-state index contributed by atoms with van der Waals surface area (Å²) in [5.41, 5.74) is 2.03. The van der Waals surface area contributed by atoms with Gasteiger partial charge in [-0.3, -0.25) is 15.2 Å². The highest BCUT2D eigenvalue weighted by Gasteiger charge is 2.12. The molecule has 0 aliphatic rings. The van der Waals surface area contributed by atoms with Gasteiger partial charge in [0.1, 0.15) is 5.75 Å². The van der Waals surface area contributed by atoms with Crippen molar-refractivity contribution in [1.29, 1.82) is 0 Å². The fraction of sp³-hybridized carbons (Fsp3) is 0.286. The summed E-state index contributed by atoms with van der Waals surface area (Å²) in [5, 5.41) is 9.56. The Morgan fingerprint density at radius 1 is 1.07 bits per heavy atom. The van der Waals surface area contributed by atoms with Gasteiger partial charge in [-0.2, -0.15) is 4.98 Å². The molecule has 7 heteroatoms. The Labute approximate surface area is 164 Å². The smallest absolute Gasteiger partial charge is 0.249 e. The van der Waals surface area contributed by atoms with Crippen LogP contribution in [0.4, 0.5) is 5.95 Å². The molecular formula is C21H24N4O3. The number of amides is 1. The Bertz CT molecular complexity index is 880. The maximum atomic E-state index is 12.1. The van der Waals surface area contributed by atoms with Crippen LogP contribution in [0.1, 0.15) is 18.4 Å². The van der Waals surface area contributed by atoms with Gasteiger partial charge in [-0.25, -0.2) is 0 Å². The lowest BCUT2D eigenvalue weighted by Gasteiger charge is -2.05. The summed E-state index contributed by atoms with van der Waals surface area (Å²) in [6.07, 6.45) is 1.87. The monoisotopic (exact) mass is 380 g/mol. The first kappa shape index (κ1) is 19.6. The number of ether oxygens (including phenoxy) is 2. The molecule has 3 rings (SSSR count). The fourth-order valence-electron chi connectivity index (χ4n) is 2.74. The first-order valence-electron chi connectivity index (χ1n) is 9.23. The van der Waals surface area contributed by atoms with Crippen molar-refractivity contribution in [3.8, 4) is 17.1 Å². The Hall–Kier alpha value is -3.19. The van der Waals surface area contributed by atoms with Gasteiger partial charge >= 0.3 is 0 Å². The van der Waals surface area contributed by atoms with Gasteiger partial charge in [0, 0.05) is 13.0 Å². The molecule has 0 aliphatic carbocycles. The molecule has 1 heterocycles. The van der Waals surface area contributed by atoms with Crippen LogP contribution in [0.3, 0.4) is 0 Å². The molecule has 1 amide bonds. The van der Waals surface area contributed by atoms with Gasteiger partial charge in [0.2, 0.25) is 11.9 Å². The quantitative estimate of drug-likeness (QED) is 0.526. The Morgan fingerprint density at radius 3 is 2.68 bits per heavy atom. The number of rotatable bonds is 10. The van der Waals surface area contributed by atoms with Gasteiger partial charge in [-0.05, 0) is 30.5 Å². The maximum absolute atomic E-state index is 12.1. The number of aromatic amines is 1. The number of anilines is 1. The van der Waals surface area contributed by atoms with E-state index >= 15 is 0 Å². The summed E-state index contributed by atoms with van der Waals surface area (Å²) < 4.78 is 10.9. The number of carbonyl (C=O) groups excluding carboxylic acids is 1. The van der Waals surface area contributed by atoms with Crippen molar-refractivity contribution in [1.82, 2.24) is 15.2 Å². The van der Waals surface area contributed by atoms with Crippen molar-refractivity contribution in [2.75, 3.05) is 25.6 Å². The molecule has 0 spiro atoms. The second-order valence-corrected chi connectivity index (χ2v) is 6.21. The van der Waals surface area contributed by atoms with E-state index in [4.69, 9.17) is 9.47 Å². The van der Waals surface area contributed by atoms with Gasteiger partial charge in [-0.15, -0.1) is 5.10 Å². The molecule has 0 bridgehead atoms. The predicted octanol–water partition coefficient (Wildman–Crippen LogP) is 3.46. The highest BCUT2D eigenvalue weighted by atomic mass is 16.5. The van der Waals surface area contributed by atoms with Crippen LogP contribution in [0.15, 0.2) is 54.6 Å². The molecule has 0 saturated heterocycles. The van der Waals surface area contributed by atoms with E-state index in [-0.39, 0.29) is 11.9 Å². The second kappa shape index (κ2) is 10.2. The first-order chi connectivity index (χ1) is 13.8. The number of benzene rings is 2. The molecule has 0 aliphatic heterocycles. The molecule has 0 unspecified atom stereocenters. The van der Waals surface area contributed by atoms with Crippen LogP contribution >= 0.6 is 0 Å². The van der Waals surface area contributed by atoms with Crippen LogP contribution in [0.2, 0.25) is 0 Å². The summed E-state index contributed by atoms with van der Waals surface area (Å²) >= 11 is 0. The molecule has 2 N–H and O–H groups in total. The van der Waals surface area contributed by atoms with Gasteiger partial charge in [0.05, 0.1) is 19.3 Å². The third kappa shape index (κ3) is 5.65. The van der Waals surface area contributed by atoms with E-state index in [1.807, 2.05) is 42.5 Å². The van der Waals surface area contributed by atoms with E-state index in [9.17, 15) is 4.79 Å². The summed E-state index contributed by atoms with van der Waals surface area (Å²) in [6.45, 7) is 1.19. The van der Waals surface area contributed by atoms with Gasteiger partial charge in [0.25, 0.3) is 0 Å². The van der Waals surface area contributed by atoms with Crippen LogP contribution in [-0.4, -0.2) is 41.4 Å². The third-order valence-corrected chi connectivity index (χ3v) is 4.17. The summed E-state index contributed by atoms with van der Waals surface area (Å²) in [6, 6.07) is 17.7. The zero-order valence-electron chi connectivity index (χ0n) is 15.9.